The van der Waals surface area contributed by atoms with E-state index in [9.17, 15) is 0 Å². The smallest absolute Gasteiger partial charge is 0.0510 e. The Balaban J connectivity index is 1.75. The topological polar surface area (TPSA) is 21.3 Å². The van der Waals surface area contributed by atoms with Crippen LogP contribution in [0.3, 0.4) is 0 Å². The third-order valence-corrected chi connectivity index (χ3v) is 4.73. The Hall–Kier alpha value is -0.510. The molecule has 0 bridgehead atoms. The van der Waals surface area contributed by atoms with Gasteiger partial charge in [0.2, 0.25) is 0 Å². The minimum Gasteiger partial charge on any atom is -0.381 e. The van der Waals surface area contributed by atoms with Crippen molar-refractivity contribution in [3.8, 4) is 0 Å². The molecule has 0 amide bonds. The highest BCUT2D eigenvalue weighted by molar-refractivity contribution is 7.98. The molecule has 0 radical (unpaired) electrons. The summed E-state index contributed by atoms with van der Waals surface area (Å²) in [5.74, 6) is 3.00. The minimum absolute atomic E-state index is 0.608. The maximum atomic E-state index is 5.53. The van der Waals surface area contributed by atoms with E-state index in [1.807, 2.05) is 11.8 Å². The minimum atomic E-state index is 0.608. The molecule has 1 aliphatic rings. The molecule has 106 valence electrons. The van der Waals surface area contributed by atoms with Gasteiger partial charge in [-0.2, -0.15) is 11.8 Å². The van der Waals surface area contributed by atoms with E-state index in [4.69, 9.17) is 4.74 Å². The molecule has 0 aliphatic carbocycles. The number of ether oxygens (including phenoxy) is 1. The molecule has 1 aromatic rings. The summed E-state index contributed by atoms with van der Waals surface area (Å²) in [6.07, 6.45) is 2.42. The summed E-state index contributed by atoms with van der Waals surface area (Å²) >= 11 is 2.03. The highest BCUT2D eigenvalue weighted by Gasteiger charge is 2.24. The molecule has 1 aromatic carbocycles. The van der Waals surface area contributed by atoms with Crippen molar-refractivity contribution in [2.24, 2.45) is 5.92 Å². The summed E-state index contributed by atoms with van der Waals surface area (Å²) in [6.45, 7) is 5.23. The molecule has 1 saturated heterocycles. The molecule has 1 aliphatic heterocycles. The summed E-state index contributed by atoms with van der Waals surface area (Å²) in [7, 11) is 0. The maximum absolute atomic E-state index is 5.53. The lowest BCUT2D eigenvalue weighted by molar-refractivity contribution is 0.179. The number of thioether (sulfide) groups is 1. The summed E-state index contributed by atoms with van der Waals surface area (Å²) in [5, 5.41) is 3.70. The van der Waals surface area contributed by atoms with Crippen LogP contribution >= 0.6 is 11.8 Å². The van der Waals surface area contributed by atoms with E-state index in [-0.39, 0.29) is 0 Å². The molecule has 1 fully saturated rings. The first-order valence-electron chi connectivity index (χ1n) is 7.33. The van der Waals surface area contributed by atoms with Crippen LogP contribution in [0.1, 0.15) is 25.3 Å². The lowest BCUT2D eigenvalue weighted by Crippen LogP contribution is -2.39. The van der Waals surface area contributed by atoms with Gasteiger partial charge < -0.3 is 10.1 Å². The van der Waals surface area contributed by atoms with E-state index < -0.39 is 0 Å². The van der Waals surface area contributed by atoms with Gasteiger partial charge in [0.1, 0.15) is 0 Å². The molecule has 3 heteroatoms. The van der Waals surface area contributed by atoms with Gasteiger partial charge >= 0.3 is 0 Å². The van der Waals surface area contributed by atoms with Gasteiger partial charge in [-0.3, -0.25) is 0 Å². The average molecular weight is 279 g/mol. The Morgan fingerprint density at radius 2 is 2.21 bits per heavy atom. The van der Waals surface area contributed by atoms with Crippen molar-refractivity contribution < 1.29 is 4.74 Å². The van der Waals surface area contributed by atoms with Crippen molar-refractivity contribution in [3.63, 3.8) is 0 Å². The van der Waals surface area contributed by atoms with E-state index in [1.54, 1.807) is 0 Å². The lowest BCUT2D eigenvalue weighted by Gasteiger charge is -2.23. The molecule has 2 unspecified atom stereocenters. The second kappa shape index (κ2) is 8.62. The largest absolute Gasteiger partial charge is 0.381 e. The first-order valence-corrected chi connectivity index (χ1v) is 8.48. The predicted molar refractivity (Wildman–Crippen MR) is 83.6 cm³/mol. The molecule has 2 rings (SSSR count). The fraction of sp³-hybridized carbons (Fsp3) is 0.625. The normalized spacial score (nSPS) is 20.6. The van der Waals surface area contributed by atoms with Crippen LogP contribution in [0.25, 0.3) is 0 Å². The molecule has 2 nitrogen and oxygen atoms in total. The van der Waals surface area contributed by atoms with Crippen molar-refractivity contribution in [2.75, 3.05) is 25.5 Å². The van der Waals surface area contributed by atoms with Crippen LogP contribution in [0.4, 0.5) is 0 Å². The molecule has 2 atom stereocenters. The summed E-state index contributed by atoms with van der Waals surface area (Å²) < 4.78 is 5.53. The molecular weight excluding hydrogens is 254 g/mol. The predicted octanol–water partition coefficient (Wildman–Crippen LogP) is 3.32. The molecule has 1 heterocycles. The zero-order valence-corrected chi connectivity index (χ0v) is 12.6. The summed E-state index contributed by atoms with van der Waals surface area (Å²) in [5.41, 5.74) is 1.42. The van der Waals surface area contributed by atoms with Crippen LogP contribution < -0.4 is 5.32 Å². The third-order valence-electron chi connectivity index (χ3n) is 3.60. The van der Waals surface area contributed by atoms with Gasteiger partial charge in [-0.1, -0.05) is 37.3 Å². The third kappa shape index (κ3) is 5.17. The zero-order valence-electron chi connectivity index (χ0n) is 11.8. The van der Waals surface area contributed by atoms with E-state index in [2.05, 4.69) is 42.6 Å². The highest BCUT2D eigenvalue weighted by atomic mass is 32.2. The number of nitrogens with one attached hydrogen (secondary N) is 1. The molecule has 1 N–H and O–H groups in total. The monoisotopic (exact) mass is 279 g/mol. The molecule has 19 heavy (non-hydrogen) atoms. The first kappa shape index (κ1) is 14.9. The quantitative estimate of drug-likeness (QED) is 0.789. The van der Waals surface area contributed by atoms with Gasteiger partial charge in [0.25, 0.3) is 0 Å². The van der Waals surface area contributed by atoms with E-state index in [0.717, 1.165) is 25.5 Å². The van der Waals surface area contributed by atoms with Crippen LogP contribution in [0, 0.1) is 5.92 Å². The Bertz CT molecular complexity index is 338. The van der Waals surface area contributed by atoms with Gasteiger partial charge in [-0.15, -0.1) is 0 Å². The average Bonchev–Trinajstić information content (AvgIpc) is 2.98. The molecule has 0 spiro atoms. The number of rotatable bonds is 8. The van der Waals surface area contributed by atoms with Crippen molar-refractivity contribution in [1.82, 2.24) is 5.32 Å². The Morgan fingerprint density at radius 1 is 1.37 bits per heavy atom. The van der Waals surface area contributed by atoms with Crippen LogP contribution in [0.2, 0.25) is 0 Å². The van der Waals surface area contributed by atoms with Crippen molar-refractivity contribution in [1.29, 1.82) is 0 Å². The molecule has 0 saturated carbocycles. The van der Waals surface area contributed by atoms with Crippen LogP contribution in [-0.4, -0.2) is 31.6 Å². The number of hydrogen-bond acceptors (Lipinski definition) is 3. The standard InChI is InChI=1S/C16H25NOS/c1-2-9-17-16(15-8-10-18-11-15)13-19-12-14-6-4-3-5-7-14/h3-7,15-17H,2,8-13H2,1H3. The summed E-state index contributed by atoms with van der Waals surface area (Å²) in [6, 6.07) is 11.3. The van der Waals surface area contributed by atoms with E-state index in [1.165, 1.54) is 24.2 Å². The number of hydrogen-bond donors (Lipinski definition) is 1. The highest BCUT2D eigenvalue weighted by Crippen LogP contribution is 2.21. The van der Waals surface area contributed by atoms with Gasteiger partial charge in [-0.05, 0) is 24.9 Å². The Labute approximate surface area is 121 Å². The van der Waals surface area contributed by atoms with Gasteiger partial charge in [0.05, 0.1) is 6.61 Å². The van der Waals surface area contributed by atoms with Gasteiger partial charge in [0.15, 0.2) is 0 Å². The Kier molecular flexibility index (Phi) is 6.75. The molecular formula is C16H25NOS. The second-order valence-corrected chi connectivity index (χ2v) is 6.22. The fourth-order valence-corrected chi connectivity index (χ4v) is 3.63. The zero-order chi connectivity index (χ0) is 13.3. The van der Waals surface area contributed by atoms with Gasteiger partial charge in [-0.25, -0.2) is 0 Å². The first-order chi connectivity index (χ1) is 9.40. The lowest BCUT2D eigenvalue weighted by atomic mass is 10.0. The Morgan fingerprint density at radius 3 is 2.89 bits per heavy atom. The van der Waals surface area contributed by atoms with Gasteiger partial charge in [0, 0.05) is 30.1 Å². The fourth-order valence-electron chi connectivity index (χ4n) is 2.44. The maximum Gasteiger partial charge on any atom is 0.0510 e. The van der Waals surface area contributed by atoms with Crippen molar-refractivity contribution >= 4 is 11.8 Å². The summed E-state index contributed by atoms with van der Waals surface area (Å²) in [4.78, 5) is 0. The number of benzene rings is 1. The molecule has 0 aromatic heterocycles. The van der Waals surface area contributed by atoms with Crippen molar-refractivity contribution in [3.05, 3.63) is 35.9 Å². The second-order valence-electron chi connectivity index (χ2n) is 5.19. The van der Waals surface area contributed by atoms with E-state index >= 15 is 0 Å². The van der Waals surface area contributed by atoms with Crippen molar-refractivity contribution in [2.45, 2.75) is 31.6 Å². The van der Waals surface area contributed by atoms with Crippen LogP contribution in [-0.2, 0) is 10.5 Å². The van der Waals surface area contributed by atoms with Crippen LogP contribution in [0.5, 0.6) is 0 Å². The van der Waals surface area contributed by atoms with E-state index in [0.29, 0.717) is 12.0 Å². The SMILES string of the molecule is CCCNC(CSCc1ccccc1)C1CCOC1. The van der Waals surface area contributed by atoms with Crippen LogP contribution in [0.15, 0.2) is 30.3 Å².